The van der Waals surface area contributed by atoms with Crippen LogP contribution in [0.2, 0.25) is 0 Å². The number of ether oxygens (including phenoxy) is 1. The van der Waals surface area contributed by atoms with Crippen LogP contribution in [0.25, 0.3) is 0 Å². The number of rotatable bonds is 9. The SMILES string of the molecule is CCCCCCCC(=O)OC(C(C)O)C(C)O. The molecule has 0 saturated heterocycles. The van der Waals surface area contributed by atoms with E-state index in [1.54, 1.807) is 0 Å². The molecular weight excluding hydrogens is 220 g/mol. The van der Waals surface area contributed by atoms with Crippen LogP contribution in [0.1, 0.15) is 59.3 Å². The van der Waals surface area contributed by atoms with Crippen molar-refractivity contribution in [2.75, 3.05) is 0 Å². The Balaban J connectivity index is 3.76. The highest BCUT2D eigenvalue weighted by Crippen LogP contribution is 2.10. The molecule has 0 aliphatic carbocycles. The van der Waals surface area contributed by atoms with E-state index < -0.39 is 18.3 Å². The summed E-state index contributed by atoms with van der Waals surface area (Å²) < 4.78 is 5.04. The van der Waals surface area contributed by atoms with Gasteiger partial charge >= 0.3 is 5.97 Å². The number of unbranched alkanes of at least 4 members (excludes halogenated alkanes) is 4. The topological polar surface area (TPSA) is 66.8 Å². The lowest BCUT2D eigenvalue weighted by atomic mass is 10.1. The molecular formula is C13H26O4. The molecule has 0 saturated carbocycles. The minimum absolute atomic E-state index is 0.340. The molecule has 2 unspecified atom stereocenters. The van der Waals surface area contributed by atoms with Crippen LogP contribution in [0.4, 0.5) is 0 Å². The van der Waals surface area contributed by atoms with E-state index in [-0.39, 0.29) is 5.97 Å². The molecule has 102 valence electrons. The fraction of sp³-hybridized carbons (Fsp3) is 0.923. The predicted molar refractivity (Wildman–Crippen MR) is 66.6 cm³/mol. The van der Waals surface area contributed by atoms with Gasteiger partial charge < -0.3 is 14.9 Å². The molecule has 0 aliphatic rings. The first-order chi connectivity index (χ1) is 7.99. The molecule has 2 N–H and O–H groups in total. The first kappa shape index (κ1) is 16.4. The number of esters is 1. The second-order valence-corrected chi connectivity index (χ2v) is 4.60. The normalized spacial score (nSPS) is 16.3. The summed E-state index contributed by atoms with van der Waals surface area (Å²) in [4.78, 5) is 11.5. The van der Waals surface area contributed by atoms with Crippen LogP contribution in [-0.2, 0) is 9.53 Å². The standard InChI is InChI=1S/C13H26O4/c1-4-5-6-7-8-9-12(16)17-13(10(2)14)11(3)15/h10-11,13-15H,4-9H2,1-3H3. The van der Waals surface area contributed by atoms with Gasteiger partial charge in [0.2, 0.25) is 0 Å². The van der Waals surface area contributed by atoms with E-state index in [0.717, 1.165) is 19.3 Å². The summed E-state index contributed by atoms with van der Waals surface area (Å²) in [6, 6.07) is 0. The van der Waals surface area contributed by atoms with Crippen molar-refractivity contribution in [1.82, 2.24) is 0 Å². The third-order valence-electron chi connectivity index (χ3n) is 2.70. The highest BCUT2D eigenvalue weighted by molar-refractivity contribution is 5.69. The zero-order chi connectivity index (χ0) is 13.3. The van der Waals surface area contributed by atoms with Gasteiger partial charge in [0.1, 0.15) is 0 Å². The molecule has 0 heterocycles. The first-order valence-electron chi connectivity index (χ1n) is 6.54. The van der Waals surface area contributed by atoms with Crippen LogP contribution >= 0.6 is 0 Å². The van der Waals surface area contributed by atoms with Gasteiger partial charge in [-0.2, -0.15) is 0 Å². The quantitative estimate of drug-likeness (QED) is 0.482. The lowest BCUT2D eigenvalue weighted by molar-refractivity contribution is -0.162. The summed E-state index contributed by atoms with van der Waals surface area (Å²) in [6.45, 7) is 5.15. The summed E-state index contributed by atoms with van der Waals surface area (Å²) in [5, 5.41) is 18.7. The van der Waals surface area contributed by atoms with Gasteiger partial charge in [-0.3, -0.25) is 4.79 Å². The van der Waals surface area contributed by atoms with Crippen LogP contribution < -0.4 is 0 Å². The third kappa shape index (κ3) is 8.16. The van der Waals surface area contributed by atoms with Gasteiger partial charge in [-0.25, -0.2) is 0 Å². The average Bonchev–Trinajstić information content (AvgIpc) is 2.24. The number of aliphatic hydroxyl groups excluding tert-OH is 2. The van der Waals surface area contributed by atoms with Crippen molar-refractivity contribution in [3.05, 3.63) is 0 Å². The molecule has 0 aromatic rings. The average molecular weight is 246 g/mol. The molecule has 0 fully saturated rings. The van der Waals surface area contributed by atoms with E-state index in [0.29, 0.717) is 6.42 Å². The maximum absolute atomic E-state index is 11.5. The molecule has 0 spiro atoms. The molecule has 0 radical (unpaired) electrons. The van der Waals surface area contributed by atoms with Gasteiger partial charge in [0.05, 0.1) is 12.2 Å². The smallest absolute Gasteiger partial charge is 0.306 e. The Hall–Kier alpha value is -0.610. The fourth-order valence-corrected chi connectivity index (χ4v) is 1.68. The van der Waals surface area contributed by atoms with Crippen molar-refractivity contribution in [3.63, 3.8) is 0 Å². The minimum atomic E-state index is -0.848. The van der Waals surface area contributed by atoms with Gasteiger partial charge in [-0.1, -0.05) is 32.6 Å². The Kier molecular flexibility index (Phi) is 9.09. The number of carbonyl (C=O) groups is 1. The highest BCUT2D eigenvalue weighted by atomic mass is 16.6. The summed E-state index contributed by atoms with van der Waals surface area (Å²) in [6.07, 6.45) is 3.19. The molecule has 4 heteroatoms. The van der Waals surface area contributed by atoms with Crippen molar-refractivity contribution in [2.24, 2.45) is 0 Å². The van der Waals surface area contributed by atoms with Crippen LogP contribution in [0.15, 0.2) is 0 Å². The van der Waals surface area contributed by atoms with E-state index in [4.69, 9.17) is 4.74 Å². The van der Waals surface area contributed by atoms with Crippen molar-refractivity contribution >= 4 is 5.97 Å². The summed E-state index contributed by atoms with van der Waals surface area (Å²) >= 11 is 0. The van der Waals surface area contributed by atoms with Gasteiger partial charge in [0.15, 0.2) is 6.10 Å². The Morgan fingerprint density at radius 3 is 2.06 bits per heavy atom. The van der Waals surface area contributed by atoms with Crippen molar-refractivity contribution in [3.8, 4) is 0 Å². The van der Waals surface area contributed by atoms with Gasteiger partial charge in [-0.05, 0) is 20.3 Å². The summed E-state index contributed by atoms with van der Waals surface area (Å²) in [5.41, 5.74) is 0. The Bertz CT molecular complexity index is 194. The highest BCUT2D eigenvalue weighted by Gasteiger charge is 2.24. The molecule has 0 rings (SSSR count). The van der Waals surface area contributed by atoms with Crippen molar-refractivity contribution < 1.29 is 19.7 Å². The third-order valence-corrected chi connectivity index (χ3v) is 2.70. The number of hydrogen-bond donors (Lipinski definition) is 2. The zero-order valence-electron chi connectivity index (χ0n) is 11.2. The first-order valence-corrected chi connectivity index (χ1v) is 6.54. The Labute approximate surface area is 104 Å². The van der Waals surface area contributed by atoms with Crippen molar-refractivity contribution in [1.29, 1.82) is 0 Å². The number of hydrogen-bond acceptors (Lipinski definition) is 4. The van der Waals surface area contributed by atoms with Gasteiger partial charge in [0, 0.05) is 6.42 Å². The summed E-state index contributed by atoms with van der Waals surface area (Å²) in [5.74, 6) is -0.340. The lowest BCUT2D eigenvalue weighted by Gasteiger charge is -2.22. The van der Waals surface area contributed by atoms with Gasteiger partial charge in [0.25, 0.3) is 0 Å². The van der Waals surface area contributed by atoms with Crippen molar-refractivity contribution in [2.45, 2.75) is 77.6 Å². The van der Waals surface area contributed by atoms with Crippen LogP contribution in [0.3, 0.4) is 0 Å². The zero-order valence-corrected chi connectivity index (χ0v) is 11.2. The molecule has 0 amide bonds. The maximum atomic E-state index is 11.5. The monoisotopic (exact) mass is 246 g/mol. The fourth-order valence-electron chi connectivity index (χ4n) is 1.68. The molecule has 2 atom stereocenters. The maximum Gasteiger partial charge on any atom is 0.306 e. The molecule has 0 bridgehead atoms. The number of aliphatic hydroxyl groups is 2. The van der Waals surface area contributed by atoms with Gasteiger partial charge in [-0.15, -0.1) is 0 Å². The van der Waals surface area contributed by atoms with E-state index in [2.05, 4.69) is 6.92 Å². The van der Waals surface area contributed by atoms with Crippen LogP contribution in [-0.4, -0.2) is 34.5 Å². The molecule has 17 heavy (non-hydrogen) atoms. The Morgan fingerprint density at radius 1 is 1.06 bits per heavy atom. The molecule has 4 nitrogen and oxygen atoms in total. The van der Waals surface area contributed by atoms with Crippen LogP contribution in [0.5, 0.6) is 0 Å². The number of carbonyl (C=O) groups excluding carboxylic acids is 1. The Morgan fingerprint density at radius 2 is 1.59 bits per heavy atom. The largest absolute Gasteiger partial charge is 0.457 e. The predicted octanol–water partition coefficient (Wildman–Crippen LogP) is 2.02. The molecule has 0 aliphatic heterocycles. The van der Waals surface area contributed by atoms with E-state index in [9.17, 15) is 15.0 Å². The lowest BCUT2D eigenvalue weighted by Crippen LogP contribution is -2.38. The second kappa shape index (κ2) is 9.42. The summed E-state index contributed by atoms with van der Waals surface area (Å²) in [7, 11) is 0. The van der Waals surface area contributed by atoms with Crippen LogP contribution in [0, 0.1) is 0 Å². The second-order valence-electron chi connectivity index (χ2n) is 4.60. The van der Waals surface area contributed by atoms with E-state index >= 15 is 0 Å². The van der Waals surface area contributed by atoms with E-state index in [1.807, 2.05) is 0 Å². The minimum Gasteiger partial charge on any atom is -0.457 e. The molecule has 0 aromatic heterocycles. The van der Waals surface area contributed by atoms with E-state index in [1.165, 1.54) is 26.7 Å². The molecule has 0 aromatic carbocycles.